The molecule has 3 aromatic rings. The van der Waals surface area contributed by atoms with Gasteiger partial charge in [0, 0.05) is 23.8 Å². The molecule has 2 aromatic heterocycles. The Balaban J connectivity index is 1.23. The van der Waals surface area contributed by atoms with E-state index >= 15 is 0 Å². The monoisotopic (exact) mass is 663 g/mol. The molecule has 1 amide bonds. The Morgan fingerprint density at radius 2 is 1.46 bits per heavy atom. The maximum absolute atomic E-state index is 13.2. The van der Waals surface area contributed by atoms with E-state index in [1.54, 1.807) is 0 Å². The number of para-hydroxylation sites is 1. The summed E-state index contributed by atoms with van der Waals surface area (Å²) in [5.74, 6) is 1.77. The van der Waals surface area contributed by atoms with Crippen LogP contribution in [0.15, 0.2) is 24.3 Å². The molecule has 0 spiro atoms. The van der Waals surface area contributed by atoms with E-state index in [4.69, 9.17) is 15.6 Å². The summed E-state index contributed by atoms with van der Waals surface area (Å²) in [5, 5.41) is 7.87. The number of nitrogens with two attached hydrogens (primary N) is 1. The first-order valence-electron chi connectivity index (χ1n) is 19.8. The number of amides is 1. The summed E-state index contributed by atoms with van der Waals surface area (Å²) in [5.41, 5.74) is 8.86. The highest BCUT2D eigenvalue weighted by molar-refractivity contribution is 6.06. The number of nitrogens with one attached hydrogen (secondary N) is 2. The van der Waals surface area contributed by atoms with Crippen LogP contribution >= 0.6 is 0 Å². The average molecular weight is 663 g/mol. The predicted molar refractivity (Wildman–Crippen MR) is 201 cm³/mol. The van der Waals surface area contributed by atoms with Crippen LogP contribution in [0.25, 0.3) is 21.9 Å². The van der Waals surface area contributed by atoms with E-state index < -0.39 is 0 Å². The maximum atomic E-state index is 13.2. The smallest absolute Gasteiger partial charge is 0.223 e. The van der Waals surface area contributed by atoms with Gasteiger partial charge in [0.25, 0.3) is 0 Å². The summed E-state index contributed by atoms with van der Waals surface area (Å²) in [6.07, 6.45) is 26.5. The van der Waals surface area contributed by atoms with Crippen molar-refractivity contribution in [2.24, 2.45) is 5.92 Å². The number of hydrogen-bond donors (Lipinski definition) is 3. The molecule has 1 unspecified atom stereocenters. The number of rotatable bonds is 25. The summed E-state index contributed by atoms with van der Waals surface area (Å²) in [6, 6.07) is 8.31. The topological polar surface area (TPSA) is 107 Å². The van der Waals surface area contributed by atoms with E-state index in [9.17, 15) is 4.79 Å². The zero-order chi connectivity index (χ0) is 33.8. The zero-order valence-corrected chi connectivity index (χ0v) is 30.4. The van der Waals surface area contributed by atoms with Crippen molar-refractivity contribution in [1.29, 1.82) is 0 Å². The SMILES string of the molecule is CCCCCCCCCCCCCCCC(CCCCOn1c(CCCC)nc2c(N)nc3ccccc3c21)NC(=O)C1CCNCC1. The number of fused-ring (bicyclic) bond motifs is 3. The Morgan fingerprint density at radius 1 is 0.854 bits per heavy atom. The second-order valence-corrected chi connectivity index (χ2v) is 14.2. The van der Waals surface area contributed by atoms with Crippen molar-refractivity contribution in [2.75, 3.05) is 25.4 Å². The Bertz CT molecular complexity index is 1330. The molecule has 48 heavy (non-hydrogen) atoms. The highest BCUT2D eigenvalue weighted by Crippen LogP contribution is 2.29. The molecule has 0 aliphatic carbocycles. The van der Waals surface area contributed by atoms with Crippen LogP contribution in [0.3, 0.4) is 0 Å². The number of aromatic nitrogens is 3. The first kappa shape index (κ1) is 37.9. The number of nitrogen functional groups attached to an aromatic ring is 1. The van der Waals surface area contributed by atoms with Gasteiger partial charge < -0.3 is 21.2 Å². The summed E-state index contributed by atoms with van der Waals surface area (Å²) in [6.45, 7) is 6.96. The number of pyridine rings is 1. The molecule has 268 valence electrons. The van der Waals surface area contributed by atoms with Gasteiger partial charge in [-0.2, -0.15) is 4.73 Å². The Morgan fingerprint density at radius 3 is 2.12 bits per heavy atom. The Labute approximate surface area is 290 Å². The molecule has 0 saturated carbocycles. The molecule has 0 bridgehead atoms. The molecule has 1 aliphatic heterocycles. The zero-order valence-electron chi connectivity index (χ0n) is 30.4. The van der Waals surface area contributed by atoms with Crippen LogP contribution in [0.4, 0.5) is 5.82 Å². The number of benzene rings is 1. The van der Waals surface area contributed by atoms with Crippen molar-refractivity contribution in [3.8, 4) is 0 Å². The predicted octanol–water partition coefficient (Wildman–Crippen LogP) is 9.07. The first-order chi connectivity index (χ1) is 23.6. The lowest BCUT2D eigenvalue weighted by Crippen LogP contribution is -2.42. The number of carbonyl (C=O) groups is 1. The first-order valence-corrected chi connectivity index (χ1v) is 19.8. The van der Waals surface area contributed by atoms with Crippen LogP contribution < -0.4 is 21.2 Å². The number of carbonyl (C=O) groups excluding carboxylic acids is 1. The van der Waals surface area contributed by atoms with Crippen molar-refractivity contribution in [3.63, 3.8) is 0 Å². The number of hydrogen-bond acceptors (Lipinski definition) is 6. The van der Waals surface area contributed by atoms with E-state index in [0.717, 1.165) is 98.6 Å². The average Bonchev–Trinajstić information content (AvgIpc) is 3.48. The molecule has 1 saturated heterocycles. The van der Waals surface area contributed by atoms with Crippen LogP contribution in [-0.4, -0.2) is 46.3 Å². The number of nitrogens with zero attached hydrogens (tertiary/aromatic N) is 3. The third-order valence-corrected chi connectivity index (χ3v) is 10.2. The van der Waals surface area contributed by atoms with Gasteiger partial charge >= 0.3 is 0 Å². The minimum Gasteiger partial charge on any atom is -0.412 e. The molecule has 1 atom stereocenters. The van der Waals surface area contributed by atoms with Gasteiger partial charge in [-0.25, -0.2) is 9.97 Å². The van der Waals surface area contributed by atoms with Gasteiger partial charge in [-0.3, -0.25) is 4.79 Å². The van der Waals surface area contributed by atoms with Crippen molar-refractivity contribution in [3.05, 3.63) is 30.1 Å². The standard InChI is InChI=1S/C40H66N6O2/c1-3-5-7-8-9-10-11-12-13-14-15-16-17-22-33(43-40(47)32-27-29-42-30-28-32)23-20-21-31-48-46-36(26-6-4-2)45-37-38(46)34-24-18-19-25-35(34)44-39(37)41/h18-19,24-25,32-33,42H,3-17,20-23,26-31H2,1-2H3,(H2,41,44)(H,43,47). The summed E-state index contributed by atoms with van der Waals surface area (Å²) >= 11 is 0. The van der Waals surface area contributed by atoms with Gasteiger partial charge in [0.1, 0.15) is 23.5 Å². The largest absolute Gasteiger partial charge is 0.412 e. The molecular formula is C40H66N6O2. The fourth-order valence-corrected chi connectivity index (χ4v) is 7.20. The van der Waals surface area contributed by atoms with Gasteiger partial charge in [0.2, 0.25) is 5.91 Å². The molecule has 8 nitrogen and oxygen atoms in total. The summed E-state index contributed by atoms with van der Waals surface area (Å²) in [7, 11) is 0. The van der Waals surface area contributed by atoms with E-state index in [1.807, 2.05) is 22.9 Å². The Kier molecular flexibility index (Phi) is 17.4. The molecular weight excluding hydrogens is 596 g/mol. The normalized spacial score (nSPS) is 14.5. The Hall–Kier alpha value is -2.87. The molecule has 8 heteroatoms. The fourth-order valence-electron chi connectivity index (χ4n) is 7.20. The maximum Gasteiger partial charge on any atom is 0.223 e. The molecule has 4 rings (SSSR count). The third kappa shape index (κ3) is 12.2. The number of unbranched alkanes of at least 4 members (excludes halogenated alkanes) is 14. The molecule has 0 radical (unpaired) electrons. The fraction of sp³-hybridized carbons (Fsp3) is 0.725. The number of imidazole rings is 1. The van der Waals surface area contributed by atoms with Crippen molar-refractivity contribution >= 4 is 33.7 Å². The molecule has 4 N–H and O–H groups in total. The van der Waals surface area contributed by atoms with E-state index in [-0.39, 0.29) is 17.9 Å². The second kappa shape index (κ2) is 22.0. The van der Waals surface area contributed by atoms with Gasteiger partial charge in [-0.1, -0.05) is 122 Å². The number of piperidine rings is 1. The summed E-state index contributed by atoms with van der Waals surface area (Å²) < 4.78 is 1.93. The highest BCUT2D eigenvalue weighted by Gasteiger charge is 2.23. The van der Waals surface area contributed by atoms with Gasteiger partial charge in [0.05, 0.1) is 5.52 Å². The summed E-state index contributed by atoms with van der Waals surface area (Å²) in [4.78, 5) is 29.1. The number of anilines is 1. The van der Waals surface area contributed by atoms with Crippen LogP contribution in [0, 0.1) is 5.92 Å². The van der Waals surface area contributed by atoms with E-state index in [2.05, 4.69) is 35.5 Å². The van der Waals surface area contributed by atoms with Gasteiger partial charge in [-0.05, 0) is 64.1 Å². The van der Waals surface area contributed by atoms with Crippen LogP contribution in [0.5, 0.6) is 0 Å². The van der Waals surface area contributed by atoms with Crippen LogP contribution in [0.2, 0.25) is 0 Å². The van der Waals surface area contributed by atoms with Crippen molar-refractivity contribution in [2.45, 2.75) is 161 Å². The molecule has 1 aromatic carbocycles. The van der Waals surface area contributed by atoms with Crippen molar-refractivity contribution < 1.29 is 9.63 Å². The van der Waals surface area contributed by atoms with Gasteiger partial charge in [-0.15, -0.1) is 0 Å². The van der Waals surface area contributed by atoms with E-state index in [1.165, 1.54) is 83.5 Å². The van der Waals surface area contributed by atoms with Crippen LogP contribution in [0.1, 0.15) is 155 Å². The third-order valence-electron chi connectivity index (χ3n) is 10.2. The molecule has 1 fully saturated rings. The lowest BCUT2D eigenvalue weighted by molar-refractivity contribution is -0.126. The van der Waals surface area contributed by atoms with Crippen LogP contribution in [-0.2, 0) is 11.2 Å². The molecule has 1 aliphatic rings. The van der Waals surface area contributed by atoms with Crippen molar-refractivity contribution in [1.82, 2.24) is 25.3 Å². The minimum atomic E-state index is 0.150. The quantitative estimate of drug-likeness (QED) is 0.0782. The molecule has 3 heterocycles. The second-order valence-electron chi connectivity index (χ2n) is 14.2. The van der Waals surface area contributed by atoms with E-state index in [0.29, 0.717) is 12.4 Å². The highest BCUT2D eigenvalue weighted by atomic mass is 16.7. The lowest BCUT2D eigenvalue weighted by atomic mass is 9.95. The number of aryl methyl sites for hydroxylation is 1. The minimum absolute atomic E-state index is 0.150. The van der Waals surface area contributed by atoms with Gasteiger partial charge in [0.15, 0.2) is 5.82 Å². The lowest BCUT2D eigenvalue weighted by Gasteiger charge is -2.25.